The number of anilines is 1. The number of nitrogens with one attached hydrogen (secondary N) is 1. The van der Waals surface area contributed by atoms with Gasteiger partial charge in [-0.25, -0.2) is 9.69 Å². The molecule has 214 valence electrons. The lowest BCUT2D eigenvalue weighted by molar-refractivity contribution is -0.394. The lowest BCUT2D eigenvalue weighted by Gasteiger charge is -2.26. The lowest BCUT2D eigenvalue weighted by atomic mass is 10.0. The van der Waals surface area contributed by atoms with E-state index < -0.39 is 39.1 Å². The van der Waals surface area contributed by atoms with Crippen LogP contribution in [0.15, 0.2) is 72.8 Å². The van der Waals surface area contributed by atoms with Gasteiger partial charge >= 0.3 is 11.7 Å². The Bertz CT molecular complexity index is 1660. The average molecular weight is 575 g/mol. The lowest BCUT2D eigenvalue weighted by Crippen LogP contribution is -2.54. The zero-order valence-corrected chi connectivity index (χ0v) is 21.9. The minimum absolute atomic E-state index is 0.0520. The SMILES string of the molecule is C=CCc1cc(/C=C2\C(=O)NC(=O)N(c3ccc(O)cc3)C2=O)cc(OCC)c1Oc1ccc([N+](=O)[O-])cc1[N+](=O)[O-]. The molecule has 0 unspecified atom stereocenters. The van der Waals surface area contributed by atoms with Gasteiger partial charge in [0.2, 0.25) is 5.75 Å². The van der Waals surface area contributed by atoms with Crippen molar-refractivity contribution < 1.29 is 38.8 Å². The number of phenols is 1. The number of barbiturate groups is 1. The van der Waals surface area contributed by atoms with E-state index in [4.69, 9.17) is 9.47 Å². The number of non-ortho nitro benzene ring substituents is 1. The number of nitrogens with zero attached hydrogens (tertiary/aromatic N) is 3. The summed E-state index contributed by atoms with van der Waals surface area (Å²) in [5.74, 6) is -2.09. The highest BCUT2D eigenvalue weighted by molar-refractivity contribution is 6.39. The second kappa shape index (κ2) is 12.0. The second-order valence-electron chi connectivity index (χ2n) is 8.68. The zero-order chi connectivity index (χ0) is 30.6. The van der Waals surface area contributed by atoms with Crippen LogP contribution in [0.25, 0.3) is 6.08 Å². The summed E-state index contributed by atoms with van der Waals surface area (Å²) in [4.78, 5) is 60.4. The van der Waals surface area contributed by atoms with Gasteiger partial charge < -0.3 is 14.6 Å². The van der Waals surface area contributed by atoms with Crippen molar-refractivity contribution in [1.82, 2.24) is 5.32 Å². The third-order valence-electron chi connectivity index (χ3n) is 5.90. The van der Waals surface area contributed by atoms with Crippen LogP contribution in [0.5, 0.6) is 23.0 Å². The summed E-state index contributed by atoms with van der Waals surface area (Å²) >= 11 is 0. The highest BCUT2D eigenvalue weighted by Gasteiger charge is 2.37. The molecule has 3 aromatic carbocycles. The van der Waals surface area contributed by atoms with Gasteiger partial charge in [-0.15, -0.1) is 6.58 Å². The maximum atomic E-state index is 13.3. The van der Waals surface area contributed by atoms with Gasteiger partial charge in [0, 0.05) is 11.6 Å². The Morgan fingerprint density at radius 1 is 1.00 bits per heavy atom. The molecule has 14 heteroatoms. The molecule has 1 aliphatic heterocycles. The number of aromatic hydroxyl groups is 1. The number of amides is 4. The maximum absolute atomic E-state index is 13.3. The quantitative estimate of drug-likeness (QED) is 0.112. The average Bonchev–Trinajstić information content (AvgIpc) is 2.94. The molecule has 0 spiro atoms. The number of carbonyl (C=O) groups is 3. The summed E-state index contributed by atoms with van der Waals surface area (Å²) in [7, 11) is 0. The third kappa shape index (κ3) is 5.91. The van der Waals surface area contributed by atoms with E-state index in [1.165, 1.54) is 48.6 Å². The van der Waals surface area contributed by atoms with Crippen LogP contribution in [0.2, 0.25) is 0 Å². The first-order valence-electron chi connectivity index (χ1n) is 12.3. The number of hydrogen-bond donors (Lipinski definition) is 2. The summed E-state index contributed by atoms with van der Waals surface area (Å²) < 4.78 is 11.6. The topological polar surface area (TPSA) is 191 Å². The normalized spacial score (nSPS) is 14.0. The molecule has 0 radical (unpaired) electrons. The van der Waals surface area contributed by atoms with Crippen molar-refractivity contribution in [2.24, 2.45) is 0 Å². The monoisotopic (exact) mass is 574 g/mol. The number of urea groups is 1. The molecule has 0 saturated carbocycles. The molecule has 4 rings (SSSR count). The fraction of sp³-hybridized carbons (Fsp3) is 0.107. The first-order valence-corrected chi connectivity index (χ1v) is 12.3. The van der Waals surface area contributed by atoms with Crippen LogP contribution in [0.3, 0.4) is 0 Å². The fourth-order valence-electron chi connectivity index (χ4n) is 4.07. The van der Waals surface area contributed by atoms with Crippen LogP contribution in [0.4, 0.5) is 21.9 Å². The van der Waals surface area contributed by atoms with Gasteiger partial charge in [-0.3, -0.25) is 35.1 Å². The molecular formula is C28H22N4O10. The van der Waals surface area contributed by atoms with Gasteiger partial charge in [-0.2, -0.15) is 0 Å². The van der Waals surface area contributed by atoms with Crippen molar-refractivity contribution in [3.8, 4) is 23.0 Å². The zero-order valence-electron chi connectivity index (χ0n) is 21.9. The number of benzene rings is 3. The van der Waals surface area contributed by atoms with Crippen LogP contribution >= 0.6 is 0 Å². The number of nitro benzene ring substituents is 2. The molecule has 1 aliphatic rings. The number of carbonyl (C=O) groups excluding carboxylic acids is 3. The first-order chi connectivity index (χ1) is 20.0. The second-order valence-corrected chi connectivity index (χ2v) is 8.68. The molecule has 0 bridgehead atoms. The van der Waals surface area contributed by atoms with Crippen molar-refractivity contribution >= 4 is 41.0 Å². The van der Waals surface area contributed by atoms with E-state index >= 15 is 0 Å². The molecule has 0 aliphatic carbocycles. The van der Waals surface area contributed by atoms with Gasteiger partial charge in [0.1, 0.15) is 11.3 Å². The van der Waals surface area contributed by atoms with E-state index in [0.717, 1.165) is 23.1 Å². The smallest absolute Gasteiger partial charge is 0.335 e. The Hall–Kier alpha value is -6.05. The van der Waals surface area contributed by atoms with Gasteiger partial charge in [0.05, 0.1) is 28.2 Å². The van der Waals surface area contributed by atoms with Crippen molar-refractivity contribution in [1.29, 1.82) is 0 Å². The van der Waals surface area contributed by atoms with E-state index in [1.54, 1.807) is 6.92 Å². The Balaban J connectivity index is 1.80. The van der Waals surface area contributed by atoms with E-state index in [0.29, 0.717) is 11.1 Å². The van der Waals surface area contributed by atoms with Gasteiger partial charge in [0.15, 0.2) is 11.5 Å². The molecule has 2 N–H and O–H groups in total. The predicted molar refractivity (Wildman–Crippen MR) is 148 cm³/mol. The minimum Gasteiger partial charge on any atom is -0.508 e. The van der Waals surface area contributed by atoms with E-state index in [1.807, 2.05) is 0 Å². The molecule has 1 fully saturated rings. The number of ether oxygens (including phenoxy) is 2. The molecule has 0 aromatic heterocycles. The number of allylic oxidation sites excluding steroid dienone is 1. The van der Waals surface area contributed by atoms with Crippen molar-refractivity contribution in [2.75, 3.05) is 11.5 Å². The van der Waals surface area contributed by atoms with E-state index in [-0.39, 0.29) is 47.3 Å². The number of phenolic OH excluding ortho intramolecular Hbond substituents is 1. The molecule has 14 nitrogen and oxygen atoms in total. The van der Waals surface area contributed by atoms with Crippen LogP contribution in [0, 0.1) is 20.2 Å². The summed E-state index contributed by atoms with van der Waals surface area (Å²) in [6.07, 6.45) is 2.92. The molecule has 3 aromatic rings. The number of nitro groups is 2. The largest absolute Gasteiger partial charge is 0.508 e. The summed E-state index contributed by atoms with van der Waals surface area (Å²) in [5, 5.41) is 34.4. The molecule has 0 atom stereocenters. The maximum Gasteiger partial charge on any atom is 0.335 e. The van der Waals surface area contributed by atoms with E-state index in [9.17, 15) is 39.7 Å². The summed E-state index contributed by atoms with van der Waals surface area (Å²) in [6, 6.07) is 10.1. The Labute approximate surface area is 237 Å². The highest BCUT2D eigenvalue weighted by Crippen LogP contribution is 2.41. The van der Waals surface area contributed by atoms with Gasteiger partial charge in [-0.1, -0.05) is 6.08 Å². The standard InChI is InChI=1S/C28H22N4O10/c1-3-5-17-12-16(13-21-26(34)29-28(36)30(27(21)35)18-6-9-20(33)10-7-18)14-24(41-4-2)25(17)42-23-11-8-19(31(37)38)15-22(23)32(39)40/h3,6-15,33H,1,4-5H2,2H3,(H,29,34,36)/b21-13+. The predicted octanol–water partition coefficient (Wildman–Crippen LogP) is 4.79. The Kier molecular flexibility index (Phi) is 8.27. The number of imide groups is 2. The Morgan fingerprint density at radius 2 is 1.71 bits per heavy atom. The van der Waals surface area contributed by atoms with Crippen molar-refractivity contribution in [3.63, 3.8) is 0 Å². The number of rotatable bonds is 10. The van der Waals surface area contributed by atoms with Crippen LogP contribution in [0.1, 0.15) is 18.1 Å². The van der Waals surface area contributed by atoms with Crippen LogP contribution < -0.4 is 19.7 Å². The molecule has 1 heterocycles. The Morgan fingerprint density at radius 3 is 2.33 bits per heavy atom. The summed E-state index contributed by atoms with van der Waals surface area (Å²) in [5.41, 5.74) is -0.725. The summed E-state index contributed by atoms with van der Waals surface area (Å²) in [6.45, 7) is 5.52. The third-order valence-corrected chi connectivity index (χ3v) is 5.90. The fourth-order valence-corrected chi connectivity index (χ4v) is 4.07. The number of hydrogen-bond acceptors (Lipinski definition) is 10. The molecule has 1 saturated heterocycles. The van der Waals surface area contributed by atoms with Crippen molar-refractivity contribution in [3.05, 3.63) is 104 Å². The van der Waals surface area contributed by atoms with Crippen LogP contribution in [-0.2, 0) is 16.0 Å². The van der Waals surface area contributed by atoms with E-state index in [2.05, 4.69) is 11.9 Å². The van der Waals surface area contributed by atoms with Gasteiger partial charge in [0.25, 0.3) is 17.5 Å². The molecule has 42 heavy (non-hydrogen) atoms. The molecular weight excluding hydrogens is 552 g/mol. The van der Waals surface area contributed by atoms with Crippen molar-refractivity contribution in [2.45, 2.75) is 13.3 Å². The van der Waals surface area contributed by atoms with Crippen LogP contribution in [-0.4, -0.2) is 39.4 Å². The highest BCUT2D eigenvalue weighted by atomic mass is 16.6. The molecule has 4 amide bonds. The minimum atomic E-state index is -0.969. The first kappa shape index (κ1) is 28.9. The van der Waals surface area contributed by atoms with Gasteiger partial charge in [-0.05, 0) is 67.4 Å².